The Morgan fingerprint density at radius 1 is 1.03 bits per heavy atom. The molecule has 1 heterocycles. The van der Waals surface area contributed by atoms with Crippen LogP contribution in [0.3, 0.4) is 0 Å². The van der Waals surface area contributed by atoms with Crippen molar-refractivity contribution >= 4 is 28.3 Å². The van der Waals surface area contributed by atoms with Crippen LogP contribution in [0.25, 0.3) is 16.2 Å². The van der Waals surface area contributed by atoms with Crippen molar-refractivity contribution < 1.29 is 39.1 Å². The molecular weight excluding hydrogens is 411 g/mol. The fraction of sp³-hybridized carbons (Fsp3) is 0.0800. The zero-order valence-electron chi connectivity index (χ0n) is 17.9. The van der Waals surface area contributed by atoms with E-state index < -0.39 is 0 Å². The number of carbonyl (C=O) groups is 1. The van der Waals surface area contributed by atoms with E-state index in [0.29, 0.717) is 29.1 Å². The van der Waals surface area contributed by atoms with Crippen LogP contribution >= 0.6 is 0 Å². The molecule has 1 N–H and O–H groups in total. The smallest absolute Gasteiger partial charge is 0.679 e. The maximum absolute atomic E-state index is 12.8. The third-order valence-corrected chi connectivity index (χ3v) is 4.82. The average molecular weight is 430 g/mol. The molecule has 0 unspecified atom stereocenters. The number of nitrogens with zero attached hydrogens (tertiary/aromatic N) is 3. The minimum atomic E-state index is -0.365. The maximum Gasteiger partial charge on any atom is 1.00 e. The number of para-hydroxylation sites is 1. The summed E-state index contributed by atoms with van der Waals surface area (Å²) in [4.78, 5) is 17.3. The number of pyridine rings is 1. The summed E-state index contributed by atoms with van der Waals surface area (Å²) in [6.07, 6.45) is 0. The van der Waals surface area contributed by atoms with Crippen LogP contribution in [0.4, 0.5) is 11.5 Å². The normalized spacial score (nSPS) is 10.0. The van der Waals surface area contributed by atoms with Crippen molar-refractivity contribution in [2.24, 2.45) is 0 Å². The van der Waals surface area contributed by atoms with E-state index in [4.69, 9.17) is 10.1 Å². The molecule has 0 atom stereocenters. The number of fused-ring (bicyclic) bond motifs is 1. The molecule has 152 valence electrons. The van der Waals surface area contributed by atoms with Crippen molar-refractivity contribution in [2.75, 3.05) is 12.4 Å². The topological polar surface area (TPSA) is 89.1 Å². The van der Waals surface area contributed by atoms with E-state index in [9.17, 15) is 10.1 Å². The number of anilines is 1. The van der Waals surface area contributed by atoms with Crippen LogP contribution in [0.15, 0.2) is 78.9 Å². The van der Waals surface area contributed by atoms with Gasteiger partial charge in [0.25, 0.3) is 5.91 Å². The van der Waals surface area contributed by atoms with Gasteiger partial charge >= 0.3 is 29.6 Å². The Kier molecular flexibility index (Phi) is 7.85. The molecule has 0 fully saturated rings. The number of nitriles is 1. The number of carbonyl (C=O) groups excluding carboxylic acids is 1. The van der Waals surface area contributed by atoms with Crippen molar-refractivity contribution in [3.63, 3.8) is 0 Å². The summed E-state index contributed by atoms with van der Waals surface area (Å²) in [6.45, 7) is 0.412. The van der Waals surface area contributed by atoms with Gasteiger partial charge in [0.15, 0.2) is 0 Å². The average Bonchev–Trinajstić information content (AvgIpc) is 2.83. The molecule has 0 radical (unpaired) electrons. The molecule has 0 aliphatic carbocycles. The second-order valence-corrected chi connectivity index (χ2v) is 6.80. The van der Waals surface area contributed by atoms with Gasteiger partial charge in [0.1, 0.15) is 17.6 Å². The van der Waals surface area contributed by atoms with Crippen LogP contribution < -0.4 is 39.6 Å². The first-order valence-corrected chi connectivity index (χ1v) is 9.69. The van der Waals surface area contributed by atoms with E-state index in [1.807, 2.05) is 54.6 Å². The minimum Gasteiger partial charge on any atom is -0.679 e. The molecule has 32 heavy (non-hydrogen) atoms. The Hall–Kier alpha value is -3.37. The molecule has 0 bridgehead atoms. The SMILES string of the molecule is COc1ccc(C(=O)Nc2nc3ccccc3c([N-]Cc3ccccc3)c2C#N)cc1.[Na+]. The Labute approximate surface area is 208 Å². The first kappa shape index (κ1) is 23.3. The van der Waals surface area contributed by atoms with Crippen molar-refractivity contribution in [1.29, 1.82) is 5.26 Å². The second-order valence-electron chi connectivity index (χ2n) is 6.80. The van der Waals surface area contributed by atoms with Crippen molar-refractivity contribution in [3.05, 3.63) is 101 Å². The standard InChI is InChI=1S/C25H20N4O2.Na/c1-31-19-13-11-18(12-14-19)25(30)29-24-21(15-26)23(20-9-5-6-10-22(20)28-24)27-16-17-7-3-2-4-8-17;/h2-14H,16H2,1H3,(H2,27,28,29,30);/q;+1/p-1. The molecule has 0 spiro atoms. The van der Waals surface area contributed by atoms with Gasteiger partial charge in [0.05, 0.1) is 18.2 Å². The Morgan fingerprint density at radius 3 is 2.41 bits per heavy atom. The molecule has 3 aromatic carbocycles. The summed E-state index contributed by atoms with van der Waals surface area (Å²) in [5, 5.41) is 18.1. The van der Waals surface area contributed by atoms with E-state index in [0.717, 1.165) is 10.9 Å². The van der Waals surface area contributed by atoms with E-state index in [1.54, 1.807) is 31.4 Å². The quantitative estimate of drug-likeness (QED) is 0.476. The van der Waals surface area contributed by atoms with E-state index in [1.165, 1.54) is 0 Å². The van der Waals surface area contributed by atoms with Crippen molar-refractivity contribution in [1.82, 2.24) is 4.98 Å². The molecule has 1 aromatic heterocycles. The molecule has 6 nitrogen and oxygen atoms in total. The van der Waals surface area contributed by atoms with E-state index in [-0.39, 0.29) is 46.8 Å². The number of hydrogen-bond donors (Lipinski definition) is 1. The third-order valence-electron chi connectivity index (χ3n) is 4.82. The predicted octanol–water partition coefficient (Wildman–Crippen LogP) is 2.58. The number of benzene rings is 3. The van der Waals surface area contributed by atoms with Crippen LogP contribution in [0.1, 0.15) is 21.5 Å². The Balaban J connectivity index is 0.00000289. The van der Waals surface area contributed by atoms with Gasteiger partial charge < -0.3 is 15.4 Å². The third kappa shape index (κ3) is 5.09. The van der Waals surface area contributed by atoms with E-state index in [2.05, 4.69) is 16.4 Å². The van der Waals surface area contributed by atoms with Gasteiger partial charge in [-0.05, 0) is 35.7 Å². The summed E-state index contributed by atoms with van der Waals surface area (Å²) in [5.74, 6) is 0.477. The van der Waals surface area contributed by atoms with Gasteiger partial charge in [-0.15, -0.1) is 12.2 Å². The zero-order valence-corrected chi connectivity index (χ0v) is 19.9. The van der Waals surface area contributed by atoms with Crippen LogP contribution in [-0.4, -0.2) is 18.0 Å². The summed E-state index contributed by atoms with van der Waals surface area (Å²) in [7, 11) is 1.56. The van der Waals surface area contributed by atoms with Crippen molar-refractivity contribution in [2.45, 2.75) is 6.54 Å². The molecular formula is C25H19N4NaO2. The molecule has 0 saturated heterocycles. The number of hydrogen-bond acceptors (Lipinski definition) is 4. The molecule has 0 aliphatic heterocycles. The number of methoxy groups -OCH3 is 1. The van der Waals surface area contributed by atoms with Gasteiger partial charge in [-0.2, -0.15) is 5.26 Å². The first-order valence-electron chi connectivity index (χ1n) is 9.69. The number of nitrogens with one attached hydrogen (secondary N) is 1. The fourth-order valence-corrected chi connectivity index (χ4v) is 3.23. The monoisotopic (exact) mass is 430 g/mol. The molecule has 1 amide bonds. The second kappa shape index (κ2) is 10.8. The molecule has 0 aliphatic rings. The molecule has 4 aromatic rings. The zero-order chi connectivity index (χ0) is 21.6. The summed E-state index contributed by atoms with van der Waals surface area (Å²) in [5.41, 5.74) is 2.86. The minimum absolute atomic E-state index is 0. The summed E-state index contributed by atoms with van der Waals surface area (Å²) < 4.78 is 5.13. The van der Waals surface area contributed by atoms with Gasteiger partial charge in [-0.25, -0.2) is 4.98 Å². The first-order chi connectivity index (χ1) is 15.2. The molecule has 4 rings (SSSR count). The maximum atomic E-state index is 12.8. The van der Waals surface area contributed by atoms with Gasteiger partial charge in [-0.1, -0.05) is 54.1 Å². The molecule has 7 heteroatoms. The summed E-state index contributed by atoms with van der Waals surface area (Å²) in [6, 6.07) is 26.1. The van der Waals surface area contributed by atoms with Gasteiger partial charge in [0.2, 0.25) is 0 Å². The number of ether oxygens (including phenoxy) is 1. The van der Waals surface area contributed by atoms with Gasteiger partial charge in [-0.3, -0.25) is 4.79 Å². The fourth-order valence-electron chi connectivity index (χ4n) is 3.23. The number of aromatic nitrogens is 1. The van der Waals surface area contributed by atoms with Crippen LogP contribution in [0.2, 0.25) is 0 Å². The van der Waals surface area contributed by atoms with Crippen LogP contribution in [0.5, 0.6) is 5.75 Å². The van der Waals surface area contributed by atoms with Gasteiger partial charge in [0, 0.05) is 5.56 Å². The predicted molar refractivity (Wildman–Crippen MR) is 121 cm³/mol. The van der Waals surface area contributed by atoms with Crippen molar-refractivity contribution in [3.8, 4) is 11.8 Å². The van der Waals surface area contributed by atoms with Crippen LogP contribution in [-0.2, 0) is 6.54 Å². The molecule has 0 saturated carbocycles. The Morgan fingerprint density at radius 2 is 1.72 bits per heavy atom. The Bertz CT molecular complexity index is 1270. The van der Waals surface area contributed by atoms with E-state index >= 15 is 0 Å². The largest absolute Gasteiger partial charge is 1.00 e. The van der Waals surface area contributed by atoms with Crippen LogP contribution in [0, 0.1) is 11.3 Å². The number of rotatable bonds is 6. The number of amides is 1. The summed E-state index contributed by atoms with van der Waals surface area (Å²) >= 11 is 0.